The summed E-state index contributed by atoms with van der Waals surface area (Å²) < 4.78 is 26.2. The molecule has 4 rings (SSSR count). The number of carbonyl (C=O) groups excluding carboxylic acids is 1. The number of fused-ring (bicyclic) bond motifs is 5. The van der Waals surface area contributed by atoms with Crippen molar-refractivity contribution in [3.05, 3.63) is 35.4 Å². The Labute approximate surface area is 122 Å². The third-order valence-corrected chi connectivity index (χ3v) is 5.40. The molecule has 3 saturated heterocycles. The zero-order valence-corrected chi connectivity index (χ0v) is 11.7. The van der Waals surface area contributed by atoms with Gasteiger partial charge < -0.3 is 10.2 Å². The van der Waals surface area contributed by atoms with Crippen molar-refractivity contribution in [3.8, 4) is 0 Å². The normalized spacial score (nSPS) is 33.5. The Balaban J connectivity index is 1.52. The van der Waals surface area contributed by atoms with E-state index >= 15 is 0 Å². The van der Waals surface area contributed by atoms with Gasteiger partial charge in [0.15, 0.2) is 11.6 Å². The molecule has 1 amide bonds. The quantitative estimate of drug-likeness (QED) is 0.900. The second-order valence-electron chi connectivity index (χ2n) is 6.42. The van der Waals surface area contributed by atoms with Gasteiger partial charge in [-0.2, -0.15) is 0 Å². The topological polar surface area (TPSA) is 32.3 Å². The number of carbonyl (C=O) groups is 1. The van der Waals surface area contributed by atoms with Gasteiger partial charge >= 0.3 is 0 Å². The van der Waals surface area contributed by atoms with Crippen molar-refractivity contribution in [1.82, 2.24) is 10.2 Å². The largest absolute Gasteiger partial charge is 0.336 e. The Morgan fingerprint density at radius 2 is 1.81 bits per heavy atom. The molecule has 1 aromatic carbocycles. The molecule has 0 aliphatic carbocycles. The number of nitrogens with one attached hydrogen (secondary N) is 1. The summed E-state index contributed by atoms with van der Waals surface area (Å²) in [6.45, 7) is 2.00. The molecule has 3 heterocycles. The number of halogens is 2. The molecule has 1 aromatic rings. The number of hydrogen-bond donors (Lipinski definition) is 1. The minimum Gasteiger partial charge on any atom is -0.336 e. The first kappa shape index (κ1) is 13.2. The van der Waals surface area contributed by atoms with Crippen molar-refractivity contribution in [3.63, 3.8) is 0 Å². The third kappa shape index (κ3) is 1.98. The average molecular weight is 292 g/mol. The zero-order valence-electron chi connectivity index (χ0n) is 11.7. The van der Waals surface area contributed by atoms with Crippen LogP contribution in [0.2, 0.25) is 0 Å². The van der Waals surface area contributed by atoms with Gasteiger partial charge in [0.2, 0.25) is 5.91 Å². The number of hydrogen-bond acceptors (Lipinski definition) is 2. The van der Waals surface area contributed by atoms with Gasteiger partial charge in [-0.3, -0.25) is 4.79 Å². The number of nitrogens with zero attached hydrogens (tertiary/aromatic N) is 1. The van der Waals surface area contributed by atoms with E-state index in [-0.39, 0.29) is 12.3 Å². The fourth-order valence-corrected chi connectivity index (χ4v) is 4.55. The fourth-order valence-electron chi connectivity index (χ4n) is 4.55. The van der Waals surface area contributed by atoms with E-state index in [1.165, 1.54) is 6.07 Å². The van der Waals surface area contributed by atoms with Crippen LogP contribution in [0, 0.1) is 23.5 Å². The van der Waals surface area contributed by atoms with Crippen molar-refractivity contribution >= 4 is 5.91 Å². The summed E-state index contributed by atoms with van der Waals surface area (Å²) >= 11 is 0. The van der Waals surface area contributed by atoms with E-state index in [0.29, 0.717) is 29.5 Å². The highest BCUT2D eigenvalue weighted by Gasteiger charge is 2.55. The highest BCUT2D eigenvalue weighted by molar-refractivity contribution is 5.80. The second-order valence-corrected chi connectivity index (χ2v) is 6.42. The molecule has 0 unspecified atom stereocenters. The van der Waals surface area contributed by atoms with E-state index in [1.54, 1.807) is 0 Å². The summed E-state index contributed by atoms with van der Waals surface area (Å²) in [4.78, 5) is 14.6. The van der Waals surface area contributed by atoms with Crippen LogP contribution < -0.4 is 5.32 Å². The second kappa shape index (κ2) is 4.77. The SMILES string of the molecule is O=C(Cc1ccc(F)c(F)c1)N1[C@@H]2CC[C@H]1[C@H]1CNC[C@H]12. The van der Waals surface area contributed by atoms with E-state index in [0.717, 1.165) is 38.1 Å². The van der Waals surface area contributed by atoms with Gasteiger partial charge in [-0.15, -0.1) is 0 Å². The van der Waals surface area contributed by atoms with Crippen molar-refractivity contribution < 1.29 is 13.6 Å². The molecular weight excluding hydrogens is 274 g/mol. The first-order chi connectivity index (χ1) is 10.1. The summed E-state index contributed by atoms with van der Waals surface area (Å²) in [6.07, 6.45) is 2.32. The Morgan fingerprint density at radius 3 is 2.43 bits per heavy atom. The van der Waals surface area contributed by atoms with Gasteiger partial charge in [0.25, 0.3) is 0 Å². The van der Waals surface area contributed by atoms with Crippen LogP contribution in [0.4, 0.5) is 8.78 Å². The monoisotopic (exact) mass is 292 g/mol. The molecule has 3 fully saturated rings. The first-order valence-corrected chi connectivity index (χ1v) is 7.61. The molecule has 3 aliphatic heterocycles. The van der Waals surface area contributed by atoms with Crippen LogP contribution in [0.5, 0.6) is 0 Å². The van der Waals surface area contributed by atoms with Gasteiger partial charge in [0.05, 0.1) is 6.42 Å². The summed E-state index contributed by atoms with van der Waals surface area (Å²) in [5.41, 5.74) is 0.550. The summed E-state index contributed by atoms with van der Waals surface area (Å²) in [7, 11) is 0. The Hall–Kier alpha value is -1.49. The lowest BCUT2D eigenvalue weighted by Crippen LogP contribution is -2.40. The minimum absolute atomic E-state index is 0.0582. The van der Waals surface area contributed by atoms with Gasteiger partial charge in [-0.05, 0) is 42.4 Å². The van der Waals surface area contributed by atoms with E-state index < -0.39 is 11.6 Å². The molecule has 2 bridgehead atoms. The number of rotatable bonds is 2. The van der Waals surface area contributed by atoms with E-state index in [2.05, 4.69) is 5.32 Å². The first-order valence-electron chi connectivity index (χ1n) is 7.61. The zero-order chi connectivity index (χ0) is 14.6. The van der Waals surface area contributed by atoms with E-state index in [9.17, 15) is 13.6 Å². The fraction of sp³-hybridized carbons (Fsp3) is 0.562. The third-order valence-electron chi connectivity index (χ3n) is 5.40. The van der Waals surface area contributed by atoms with Crippen LogP contribution >= 0.6 is 0 Å². The highest BCUT2D eigenvalue weighted by atomic mass is 19.2. The molecule has 1 N–H and O–H groups in total. The summed E-state index contributed by atoms with van der Waals surface area (Å²) in [6, 6.07) is 4.40. The van der Waals surface area contributed by atoms with Gasteiger partial charge in [0, 0.05) is 25.2 Å². The van der Waals surface area contributed by atoms with Crippen LogP contribution in [0.1, 0.15) is 18.4 Å². The standard InChI is InChI=1S/C16H18F2N2O/c17-12-2-1-9(5-13(12)18)6-16(21)20-14-3-4-15(20)11-8-19-7-10(11)14/h1-2,5,10-11,14-15,19H,3-4,6-8H2/t10-,11+,14-,15+. The minimum atomic E-state index is -0.884. The van der Waals surface area contributed by atoms with Gasteiger partial charge in [-0.1, -0.05) is 6.07 Å². The molecule has 0 aromatic heterocycles. The predicted octanol–water partition coefficient (Wildman–Crippen LogP) is 1.72. The average Bonchev–Trinajstić information content (AvgIpc) is 3.13. The molecule has 21 heavy (non-hydrogen) atoms. The number of amides is 1. The van der Waals surface area contributed by atoms with Crippen molar-refractivity contribution in [1.29, 1.82) is 0 Å². The van der Waals surface area contributed by atoms with Crippen LogP contribution in [0.25, 0.3) is 0 Å². The van der Waals surface area contributed by atoms with Crippen LogP contribution in [0.15, 0.2) is 18.2 Å². The maximum Gasteiger partial charge on any atom is 0.227 e. The lowest BCUT2D eigenvalue weighted by atomic mass is 9.82. The predicted molar refractivity (Wildman–Crippen MR) is 73.6 cm³/mol. The molecule has 112 valence electrons. The molecule has 3 nitrogen and oxygen atoms in total. The van der Waals surface area contributed by atoms with Gasteiger partial charge in [-0.25, -0.2) is 8.78 Å². The lowest BCUT2D eigenvalue weighted by Gasteiger charge is -2.24. The molecule has 5 heteroatoms. The van der Waals surface area contributed by atoms with Crippen molar-refractivity contribution in [2.24, 2.45) is 11.8 Å². The van der Waals surface area contributed by atoms with Gasteiger partial charge in [0.1, 0.15) is 0 Å². The Bertz CT molecular complexity index is 574. The number of benzene rings is 1. The van der Waals surface area contributed by atoms with Crippen LogP contribution in [0.3, 0.4) is 0 Å². The molecule has 4 atom stereocenters. The maximum atomic E-state index is 13.3. The van der Waals surface area contributed by atoms with E-state index in [4.69, 9.17) is 0 Å². The van der Waals surface area contributed by atoms with Crippen LogP contribution in [-0.2, 0) is 11.2 Å². The molecule has 0 radical (unpaired) electrons. The van der Waals surface area contributed by atoms with Crippen molar-refractivity contribution in [2.75, 3.05) is 13.1 Å². The van der Waals surface area contributed by atoms with E-state index in [1.807, 2.05) is 4.90 Å². The molecule has 3 aliphatic rings. The van der Waals surface area contributed by atoms with Crippen LogP contribution in [-0.4, -0.2) is 36.0 Å². The Kier molecular flexibility index (Phi) is 2.99. The summed E-state index contributed by atoms with van der Waals surface area (Å²) in [5.74, 6) is -0.531. The molecule has 0 saturated carbocycles. The smallest absolute Gasteiger partial charge is 0.227 e. The lowest BCUT2D eigenvalue weighted by molar-refractivity contribution is -0.132. The molecule has 0 spiro atoms. The highest BCUT2D eigenvalue weighted by Crippen LogP contribution is 2.47. The maximum absolute atomic E-state index is 13.3. The Morgan fingerprint density at radius 1 is 1.14 bits per heavy atom. The van der Waals surface area contributed by atoms with Crippen molar-refractivity contribution in [2.45, 2.75) is 31.3 Å². The summed E-state index contributed by atoms with van der Waals surface area (Å²) in [5, 5.41) is 3.42. The molecular formula is C16H18F2N2O.